The third-order valence-electron chi connectivity index (χ3n) is 3.93. The standard InChI is InChI=1S/C18H16N6O2S/c1-26-14-5-6-16-15(8-14)22-18(27-16)24(9-13-4-2-3-7-20-13)17(25)10-23-12-19-11-21-23/h2-8,11-12H,9-10H2,1H3. The van der Waals surface area contributed by atoms with E-state index in [1.807, 2.05) is 36.4 Å². The highest BCUT2D eigenvalue weighted by Gasteiger charge is 2.21. The average molecular weight is 380 g/mol. The van der Waals surface area contributed by atoms with Gasteiger partial charge in [0.25, 0.3) is 5.91 Å². The van der Waals surface area contributed by atoms with E-state index in [1.165, 1.54) is 28.7 Å². The number of anilines is 1. The number of amides is 1. The minimum Gasteiger partial charge on any atom is -0.497 e. The fourth-order valence-electron chi connectivity index (χ4n) is 2.59. The second kappa shape index (κ2) is 7.50. The quantitative estimate of drug-likeness (QED) is 0.511. The van der Waals surface area contributed by atoms with Gasteiger partial charge in [-0.2, -0.15) is 5.10 Å². The molecule has 0 bridgehead atoms. The molecule has 0 unspecified atom stereocenters. The van der Waals surface area contributed by atoms with Gasteiger partial charge in [-0.25, -0.2) is 14.6 Å². The lowest BCUT2D eigenvalue weighted by Gasteiger charge is -2.19. The van der Waals surface area contributed by atoms with E-state index in [2.05, 4.69) is 20.1 Å². The minimum absolute atomic E-state index is 0.0755. The maximum Gasteiger partial charge on any atom is 0.250 e. The molecular formula is C18H16N6O2S. The molecule has 136 valence electrons. The molecule has 0 aliphatic heterocycles. The first-order valence-electron chi connectivity index (χ1n) is 8.20. The Balaban J connectivity index is 1.69. The van der Waals surface area contributed by atoms with Crippen LogP contribution < -0.4 is 9.64 Å². The number of hydrogen-bond donors (Lipinski definition) is 0. The van der Waals surface area contributed by atoms with Gasteiger partial charge in [0.1, 0.15) is 24.9 Å². The molecule has 0 spiro atoms. The summed E-state index contributed by atoms with van der Waals surface area (Å²) >= 11 is 1.45. The van der Waals surface area contributed by atoms with Crippen LogP contribution in [0, 0.1) is 0 Å². The normalized spacial score (nSPS) is 10.9. The predicted molar refractivity (Wildman–Crippen MR) is 102 cm³/mol. The lowest BCUT2D eigenvalue weighted by atomic mass is 10.3. The van der Waals surface area contributed by atoms with Gasteiger partial charge in [-0.15, -0.1) is 0 Å². The van der Waals surface area contributed by atoms with Gasteiger partial charge in [-0.1, -0.05) is 17.4 Å². The van der Waals surface area contributed by atoms with Gasteiger partial charge in [0.15, 0.2) is 5.13 Å². The number of ether oxygens (including phenoxy) is 1. The molecule has 0 radical (unpaired) electrons. The number of benzene rings is 1. The molecule has 3 aromatic heterocycles. The van der Waals surface area contributed by atoms with Crippen LogP contribution in [0.25, 0.3) is 10.2 Å². The van der Waals surface area contributed by atoms with Gasteiger partial charge in [0.05, 0.1) is 29.6 Å². The van der Waals surface area contributed by atoms with E-state index in [4.69, 9.17) is 4.74 Å². The second-order valence-electron chi connectivity index (χ2n) is 5.72. The van der Waals surface area contributed by atoms with Crippen molar-refractivity contribution < 1.29 is 9.53 Å². The van der Waals surface area contributed by atoms with Crippen LogP contribution in [0.2, 0.25) is 0 Å². The highest BCUT2D eigenvalue weighted by molar-refractivity contribution is 7.22. The Bertz CT molecular complexity index is 1050. The molecule has 0 saturated carbocycles. The Labute approximate surface area is 159 Å². The molecule has 0 aliphatic carbocycles. The summed E-state index contributed by atoms with van der Waals surface area (Å²) in [4.78, 5) is 27.5. The predicted octanol–water partition coefficient (Wildman–Crippen LogP) is 2.52. The summed E-state index contributed by atoms with van der Waals surface area (Å²) in [6.07, 6.45) is 4.62. The molecule has 8 nitrogen and oxygen atoms in total. The van der Waals surface area contributed by atoms with E-state index in [0.29, 0.717) is 11.7 Å². The maximum absolute atomic E-state index is 13.0. The van der Waals surface area contributed by atoms with Crippen LogP contribution in [-0.4, -0.2) is 37.7 Å². The van der Waals surface area contributed by atoms with Crippen molar-refractivity contribution in [3.05, 3.63) is 60.9 Å². The van der Waals surface area contributed by atoms with Crippen LogP contribution in [-0.2, 0) is 17.9 Å². The first kappa shape index (κ1) is 17.1. The number of fused-ring (bicyclic) bond motifs is 1. The summed E-state index contributed by atoms with van der Waals surface area (Å²) < 4.78 is 7.73. The van der Waals surface area contributed by atoms with E-state index >= 15 is 0 Å². The Morgan fingerprint density at radius 3 is 2.96 bits per heavy atom. The average Bonchev–Trinajstić information content (AvgIpc) is 3.35. The summed E-state index contributed by atoms with van der Waals surface area (Å²) in [5.74, 6) is 0.585. The molecule has 0 atom stereocenters. The van der Waals surface area contributed by atoms with E-state index in [1.54, 1.807) is 18.2 Å². The Morgan fingerprint density at radius 1 is 1.30 bits per heavy atom. The zero-order chi connectivity index (χ0) is 18.6. The summed E-state index contributed by atoms with van der Waals surface area (Å²) in [5, 5.41) is 4.62. The van der Waals surface area contributed by atoms with E-state index in [0.717, 1.165) is 21.7 Å². The minimum atomic E-state index is -0.142. The first-order valence-corrected chi connectivity index (χ1v) is 9.02. The molecule has 4 rings (SSSR count). The highest BCUT2D eigenvalue weighted by Crippen LogP contribution is 2.32. The number of thiazole rings is 1. The van der Waals surface area contributed by atoms with Gasteiger partial charge in [-0.05, 0) is 24.3 Å². The zero-order valence-electron chi connectivity index (χ0n) is 14.5. The van der Waals surface area contributed by atoms with Crippen molar-refractivity contribution in [3.63, 3.8) is 0 Å². The van der Waals surface area contributed by atoms with Crippen molar-refractivity contribution in [1.82, 2.24) is 24.7 Å². The molecule has 0 fully saturated rings. The molecule has 4 aromatic rings. The fraction of sp³-hybridized carbons (Fsp3) is 0.167. The third kappa shape index (κ3) is 3.77. The Hall–Kier alpha value is -3.33. The molecule has 3 heterocycles. The first-order chi connectivity index (χ1) is 13.2. The lowest BCUT2D eigenvalue weighted by Crippen LogP contribution is -2.33. The van der Waals surface area contributed by atoms with Crippen LogP contribution in [0.1, 0.15) is 5.69 Å². The second-order valence-corrected chi connectivity index (χ2v) is 6.73. The summed E-state index contributed by atoms with van der Waals surface area (Å²) in [6.45, 7) is 0.400. The number of rotatable bonds is 6. The molecule has 1 amide bonds. The Morgan fingerprint density at radius 2 is 2.22 bits per heavy atom. The van der Waals surface area contributed by atoms with Crippen LogP contribution in [0.3, 0.4) is 0 Å². The van der Waals surface area contributed by atoms with Gasteiger partial charge >= 0.3 is 0 Å². The number of methoxy groups -OCH3 is 1. The van der Waals surface area contributed by atoms with Crippen molar-refractivity contribution in [2.24, 2.45) is 0 Å². The van der Waals surface area contributed by atoms with Crippen molar-refractivity contribution in [2.45, 2.75) is 13.1 Å². The largest absolute Gasteiger partial charge is 0.497 e. The van der Waals surface area contributed by atoms with E-state index < -0.39 is 0 Å². The van der Waals surface area contributed by atoms with E-state index in [-0.39, 0.29) is 12.5 Å². The lowest BCUT2D eigenvalue weighted by molar-refractivity contribution is -0.119. The van der Waals surface area contributed by atoms with E-state index in [9.17, 15) is 4.79 Å². The topological polar surface area (TPSA) is 86.0 Å². The fourth-order valence-corrected chi connectivity index (χ4v) is 3.55. The molecule has 1 aromatic carbocycles. The number of carbonyl (C=O) groups is 1. The smallest absolute Gasteiger partial charge is 0.250 e. The summed E-state index contributed by atoms with van der Waals surface area (Å²) in [5.41, 5.74) is 1.57. The Kier molecular flexibility index (Phi) is 4.75. The van der Waals surface area contributed by atoms with Crippen LogP contribution in [0.15, 0.2) is 55.2 Å². The number of nitrogens with zero attached hydrogens (tertiary/aromatic N) is 6. The molecular weight excluding hydrogens is 364 g/mol. The molecule has 27 heavy (non-hydrogen) atoms. The number of hydrogen-bond acceptors (Lipinski definition) is 7. The van der Waals surface area contributed by atoms with Gasteiger partial charge in [0, 0.05) is 12.3 Å². The number of pyridine rings is 1. The number of aromatic nitrogens is 5. The van der Waals surface area contributed by atoms with Crippen molar-refractivity contribution in [1.29, 1.82) is 0 Å². The highest BCUT2D eigenvalue weighted by atomic mass is 32.1. The van der Waals surface area contributed by atoms with Crippen molar-refractivity contribution >= 4 is 32.6 Å². The molecule has 0 N–H and O–H groups in total. The summed E-state index contributed by atoms with van der Waals surface area (Å²) in [6, 6.07) is 11.3. The monoisotopic (exact) mass is 380 g/mol. The third-order valence-corrected chi connectivity index (χ3v) is 4.98. The van der Waals surface area contributed by atoms with Crippen LogP contribution >= 0.6 is 11.3 Å². The van der Waals surface area contributed by atoms with Gasteiger partial charge in [0.2, 0.25) is 0 Å². The van der Waals surface area contributed by atoms with Gasteiger partial charge < -0.3 is 4.74 Å². The number of carbonyl (C=O) groups excluding carboxylic acids is 1. The maximum atomic E-state index is 13.0. The summed E-state index contributed by atoms with van der Waals surface area (Å²) in [7, 11) is 1.61. The molecule has 0 aliphatic rings. The van der Waals surface area contributed by atoms with Crippen LogP contribution in [0.5, 0.6) is 5.75 Å². The van der Waals surface area contributed by atoms with Crippen molar-refractivity contribution in [3.8, 4) is 5.75 Å². The van der Waals surface area contributed by atoms with Gasteiger partial charge in [-0.3, -0.25) is 14.7 Å². The van der Waals surface area contributed by atoms with Crippen molar-refractivity contribution in [2.75, 3.05) is 12.0 Å². The molecule has 9 heteroatoms. The van der Waals surface area contributed by atoms with Crippen LogP contribution in [0.4, 0.5) is 5.13 Å². The molecule has 0 saturated heterocycles. The SMILES string of the molecule is COc1ccc2sc(N(Cc3ccccn3)C(=O)Cn3cncn3)nc2c1. The zero-order valence-corrected chi connectivity index (χ0v) is 15.3.